The molecule has 96 valence electrons. The molecule has 0 saturated heterocycles. The molecule has 2 unspecified atom stereocenters. The highest BCUT2D eigenvalue weighted by Crippen LogP contribution is 2.10. The maximum atomic E-state index is 11.8. The summed E-state index contributed by atoms with van der Waals surface area (Å²) in [5.41, 5.74) is 0. The molecule has 0 heterocycles. The fourth-order valence-corrected chi connectivity index (χ4v) is 3.02. The van der Waals surface area contributed by atoms with Crippen molar-refractivity contribution >= 4 is 15.8 Å². The summed E-state index contributed by atoms with van der Waals surface area (Å²) < 4.78 is 28.3. The summed E-state index contributed by atoms with van der Waals surface area (Å²) in [5.74, 6) is -1.22. The highest BCUT2D eigenvalue weighted by atomic mass is 32.2. The van der Waals surface area contributed by atoms with Gasteiger partial charge in [0.1, 0.15) is 5.75 Å². The van der Waals surface area contributed by atoms with E-state index in [0.717, 1.165) is 0 Å². The summed E-state index contributed by atoms with van der Waals surface area (Å²) in [6.45, 7) is 5.36. The minimum atomic E-state index is -3.44. The van der Waals surface area contributed by atoms with Crippen molar-refractivity contribution in [2.75, 3.05) is 19.4 Å². The topological polar surface area (TPSA) is 72.5 Å². The van der Waals surface area contributed by atoms with E-state index in [2.05, 4.69) is 10.1 Å². The second kappa shape index (κ2) is 6.85. The van der Waals surface area contributed by atoms with Crippen LogP contribution >= 0.6 is 0 Å². The average molecular weight is 251 g/mol. The monoisotopic (exact) mass is 251 g/mol. The van der Waals surface area contributed by atoms with Crippen LogP contribution in [0, 0.1) is 0 Å². The van der Waals surface area contributed by atoms with Crippen molar-refractivity contribution < 1.29 is 17.9 Å². The number of rotatable bonds is 7. The molecule has 0 radical (unpaired) electrons. The molecule has 0 aliphatic rings. The van der Waals surface area contributed by atoms with E-state index in [0.29, 0.717) is 6.42 Å². The summed E-state index contributed by atoms with van der Waals surface area (Å²) in [5, 5.41) is 2.34. The zero-order valence-corrected chi connectivity index (χ0v) is 11.1. The molecule has 0 rings (SSSR count). The van der Waals surface area contributed by atoms with Crippen molar-refractivity contribution in [3.8, 4) is 0 Å². The van der Waals surface area contributed by atoms with Gasteiger partial charge in [0.25, 0.3) is 0 Å². The maximum absolute atomic E-state index is 11.8. The highest BCUT2D eigenvalue weighted by Gasteiger charge is 2.29. The van der Waals surface area contributed by atoms with E-state index < -0.39 is 26.8 Å². The first-order chi connectivity index (χ1) is 7.38. The predicted molar refractivity (Wildman–Crippen MR) is 63.0 cm³/mol. The molecule has 0 aliphatic carbocycles. The molecule has 16 heavy (non-hydrogen) atoms. The van der Waals surface area contributed by atoms with E-state index in [1.165, 1.54) is 0 Å². The van der Waals surface area contributed by atoms with E-state index in [4.69, 9.17) is 0 Å². The normalized spacial score (nSPS) is 15.5. The van der Waals surface area contributed by atoms with Gasteiger partial charge in [0, 0.05) is 6.04 Å². The fourth-order valence-electron chi connectivity index (χ4n) is 1.52. The number of hydrogen-bond donors (Lipinski definition) is 1. The molecule has 0 aromatic heterocycles. The third kappa shape index (κ3) is 4.49. The number of ether oxygens (including phenoxy) is 1. The first-order valence-corrected chi connectivity index (χ1v) is 7.15. The van der Waals surface area contributed by atoms with Crippen LogP contribution in [-0.2, 0) is 19.4 Å². The van der Waals surface area contributed by atoms with Crippen molar-refractivity contribution in [3.63, 3.8) is 0 Å². The Balaban J connectivity index is 4.59. The molecule has 0 aliphatic heterocycles. The van der Waals surface area contributed by atoms with E-state index in [1.54, 1.807) is 20.9 Å². The van der Waals surface area contributed by atoms with Gasteiger partial charge in [-0.2, -0.15) is 0 Å². The molecule has 0 bridgehead atoms. The highest BCUT2D eigenvalue weighted by molar-refractivity contribution is 7.92. The smallest absolute Gasteiger partial charge is 0.321 e. The van der Waals surface area contributed by atoms with Crippen LogP contribution in [0.1, 0.15) is 27.2 Å². The average Bonchev–Trinajstić information content (AvgIpc) is 2.18. The van der Waals surface area contributed by atoms with Crippen LogP contribution in [0.15, 0.2) is 0 Å². The lowest BCUT2D eigenvalue weighted by molar-refractivity contribution is -0.139. The Morgan fingerprint density at radius 1 is 1.38 bits per heavy atom. The number of carbonyl (C=O) groups excluding carboxylic acids is 1. The Labute approximate surface area is 97.5 Å². The summed E-state index contributed by atoms with van der Waals surface area (Å²) in [4.78, 5) is 11.1. The molecule has 0 fully saturated rings. The second-order valence-electron chi connectivity index (χ2n) is 3.62. The van der Waals surface area contributed by atoms with Crippen molar-refractivity contribution in [2.45, 2.75) is 38.5 Å². The maximum Gasteiger partial charge on any atom is 0.321 e. The Morgan fingerprint density at radius 2 is 1.94 bits per heavy atom. The zero-order chi connectivity index (χ0) is 12.8. The second-order valence-corrected chi connectivity index (χ2v) is 5.98. The summed E-state index contributed by atoms with van der Waals surface area (Å²) in [6.07, 6.45) is 0.694. The van der Waals surface area contributed by atoms with Gasteiger partial charge in [0.15, 0.2) is 9.84 Å². The largest absolute Gasteiger partial charge is 0.465 e. The van der Waals surface area contributed by atoms with Crippen LogP contribution in [0.4, 0.5) is 0 Å². The van der Waals surface area contributed by atoms with Gasteiger partial charge >= 0.3 is 5.97 Å². The van der Waals surface area contributed by atoms with Crippen LogP contribution in [-0.4, -0.2) is 45.1 Å². The quantitative estimate of drug-likeness (QED) is 0.661. The van der Waals surface area contributed by atoms with Gasteiger partial charge in [-0.05, 0) is 27.3 Å². The minimum Gasteiger partial charge on any atom is -0.465 e. The first kappa shape index (κ1) is 15.4. The molecule has 0 spiro atoms. The molecule has 0 aromatic carbocycles. The van der Waals surface area contributed by atoms with Gasteiger partial charge in [0.2, 0.25) is 0 Å². The Hall–Kier alpha value is -0.620. The standard InChI is InChI=1S/C10H21NO4S/c1-5-9(11-4)8(3)16(13,14)7-10(12)15-6-2/h8-9,11H,5-7H2,1-4H3. The number of hydrogen-bond acceptors (Lipinski definition) is 5. The summed E-state index contributed by atoms with van der Waals surface area (Å²) >= 11 is 0. The Kier molecular flexibility index (Phi) is 6.59. The van der Waals surface area contributed by atoms with Gasteiger partial charge in [-0.25, -0.2) is 8.42 Å². The summed E-state index contributed by atoms with van der Waals surface area (Å²) in [7, 11) is -1.73. The van der Waals surface area contributed by atoms with E-state index in [9.17, 15) is 13.2 Å². The number of nitrogens with one attached hydrogen (secondary N) is 1. The van der Waals surface area contributed by atoms with Crippen molar-refractivity contribution in [3.05, 3.63) is 0 Å². The van der Waals surface area contributed by atoms with Crippen molar-refractivity contribution in [1.29, 1.82) is 0 Å². The molecular weight excluding hydrogens is 230 g/mol. The van der Waals surface area contributed by atoms with Crippen LogP contribution in [0.5, 0.6) is 0 Å². The van der Waals surface area contributed by atoms with Crippen molar-refractivity contribution in [2.24, 2.45) is 0 Å². The van der Waals surface area contributed by atoms with E-state index >= 15 is 0 Å². The van der Waals surface area contributed by atoms with Crippen LogP contribution < -0.4 is 5.32 Å². The van der Waals surface area contributed by atoms with Crippen LogP contribution in [0.25, 0.3) is 0 Å². The first-order valence-electron chi connectivity index (χ1n) is 5.43. The molecule has 6 heteroatoms. The SMILES string of the molecule is CCOC(=O)CS(=O)(=O)C(C)C(CC)NC. The number of sulfone groups is 1. The lowest BCUT2D eigenvalue weighted by Gasteiger charge is -2.21. The third-order valence-corrected chi connectivity index (χ3v) is 4.67. The van der Waals surface area contributed by atoms with E-state index in [-0.39, 0.29) is 12.6 Å². The lowest BCUT2D eigenvalue weighted by Crippen LogP contribution is -2.42. The van der Waals surface area contributed by atoms with Crippen molar-refractivity contribution in [1.82, 2.24) is 5.32 Å². The van der Waals surface area contributed by atoms with E-state index in [1.807, 2.05) is 6.92 Å². The van der Waals surface area contributed by atoms with Gasteiger partial charge in [-0.1, -0.05) is 6.92 Å². The zero-order valence-electron chi connectivity index (χ0n) is 10.3. The fraction of sp³-hybridized carbons (Fsp3) is 0.900. The number of carbonyl (C=O) groups is 1. The number of esters is 1. The van der Waals surface area contributed by atoms with Gasteiger partial charge in [0.05, 0.1) is 11.9 Å². The van der Waals surface area contributed by atoms with Crippen LogP contribution in [0.3, 0.4) is 0 Å². The third-order valence-electron chi connectivity index (χ3n) is 2.57. The molecule has 1 N–H and O–H groups in total. The predicted octanol–water partition coefficient (Wildman–Crippen LogP) is 0.351. The lowest BCUT2D eigenvalue weighted by atomic mass is 10.2. The molecule has 0 aromatic rings. The van der Waals surface area contributed by atoms with Gasteiger partial charge in [-0.3, -0.25) is 4.79 Å². The Morgan fingerprint density at radius 3 is 2.31 bits per heavy atom. The van der Waals surface area contributed by atoms with Crippen LogP contribution in [0.2, 0.25) is 0 Å². The van der Waals surface area contributed by atoms with Gasteiger partial charge < -0.3 is 10.1 Å². The Bertz CT molecular complexity index is 309. The molecule has 5 nitrogen and oxygen atoms in total. The molecule has 0 saturated carbocycles. The molecule has 2 atom stereocenters. The minimum absolute atomic E-state index is 0.139. The van der Waals surface area contributed by atoms with Gasteiger partial charge in [-0.15, -0.1) is 0 Å². The molecule has 0 amide bonds. The molecular formula is C10H21NO4S. The summed E-state index contributed by atoms with van der Waals surface area (Å²) in [6, 6.07) is -0.139.